The Morgan fingerprint density at radius 1 is 1.32 bits per heavy atom. The maximum Gasteiger partial charge on any atom is 0.248 e. The molecule has 0 aliphatic carbocycles. The molecule has 0 saturated carbocycles. The lowest BCUT2D eigenvalue weighted by molar-refractivity contribution is -0.111. The summed E-state index contributed by atoms with van der Waals surface area (Å²) in [5.41, 5.74) is 1.68. The summed E-state index contributed by atoms with van der Waals surface area (Å²) < 4.78 is 1.11. The van der Waals surface area contributed by atoms with Gasteiger partial charge in [-0.3, -0.25) is 9.78 Å². The molecule has 0 spiro atoms. The Kier molecular flexibility index (Phi) is 4.22. The number of nitrogens with zero attached hydrogens (tertiary/aromatic N) is 1. The van der Waals surface area contributed by atoms with Gasteiger partial charge in [0.1, 0.15) is 0 Å². The maximum atomic E-state index is 12.0. The van der Waals surface area contributed by atoms with Gasteiger partial charge in [0.25, 0.3) is 0 Å². The van der Waals surface area contributed by atoms with E-state index in [1.54, 1.807) is 29.8 Å². The number of hydrogen-bond donors (Lipinski definition) is 1. The number of rotatable bonds is 3. The van der Waals surface area contributed by atoms with Crippen LogP contribution in [-0.4, -0.2) is 10.9 Å². The summed E-state index contributed by atoms with van der Waals surface area (Å²) in [5.74, 6) is -0.204. The number of pyridine rings is 1. The second-order valence-electron chi connectivity index (χ2n) is 4.79. The molecule has 0 fully saturated rings. The molecule has 0 saturated heterocycles. The number of thiophene rings is 1. The molecule has 3 nitrogen and oxygen atoms in total. The second kappa shape index (κ2) is 6.30. The smallest absolute Gasteiger partial charge is 0.248 e. The zero-order valence-corrected chi connectivity index (χ0v) is 13.4. The van der Waals surface area contributed by atoms with Crippen LogP contribution in [0.3, 0.4) is 0 Å². The first-order valence-corrected chi connectivity index (χ1v) is 7.91. The number of aryl methyl sites for hydroxylation is 1. The summed E-state index contributed by atoms with van der Waals surface area (Å²) in [4.78, 5) is 16.9. The number of nitrogens with one attached hydrogen (secondary N) is 1. The lowest BCUT2D eigenvalue weighted by Crippen LogP contribution is -2.09. The monoisotopic (exact) mass is 328 g/mol. The highest BCUT2D eigenvalue weighted by Crippen LogP contribution is 2.35. The zero-order chi connectivity index (χ0) is 15.5. The van der Waals surface area contributed by atoms with Crippen molar-refractivity contribution in [2.45, 2.75) is 6.92 Å². The SMILES string of the molecule is Cc1ccncc1NC(=O)C=Cc1sc2ccccc2c1Cl. The highest BCUT2D eigenvalue weighted by Gasteiger charge is 2.08. The normalized spacial score (nSPS) is 11.2. The molecule has 1 amide bonds. The van der Waals surface area contributed by atoms with Crippen molar-refractivity contribution in [3.63, 3.8) is 0 Å². The van der Waals surface area contributed by atoms with Crippen LogP contribution in [0, 0.1) is 6.92 Å². The van der Waals surface area contributed by atoms with E-state index in [9.17, 15) is 4.79 Å². The van der Waals surface area contributed by atoms with Gasteiger partial charge in [-0.2, -0.15) is 0 Å². The molecule has 3 aromatic rings. The Balaban J connectivity index is 1.79. The molecule has 3 rings (SSSR count). The van der Waals surface area contributed by atoms with E-state index in [0.717, 1.165) is 20.5 Å². The molecule has 0 radical (unpaired) electrons. The number of fused-ring (bicyclic) bond motifs is 1. The van der Waals surface area contributed by atoms with Gasteiger partial charge < -0.3 is 5.32 Å². The quantitative estimate of drug-likeness (QED) is 0.694. The van der Waals surface area contributed by atoms with Crippen molar-refractivity contribution >= 4 is 50.7 Å². The number of benzene rings is 1. The Hall–Kier alpha value is -2.17. The van der Waals surface area contributed by atoms with Crippen LogP contribution in [0.4, 0.5) is 5.69 Å². The van der Waals surface area contributed by atoms with Crippen LogP contribution in [-0.2, 0) is 4.79 Å². The van der Waals surface area contributed by atoms with Gasteiger partial charge >= 0.3 is 0 Å². The first kappa shape index (κ1) is 14.8. The molecular formula is C17H13ClN2OS. The molecular weight excluding hydrogens is 316 g/mol. The minimum Gasteiger partial charge on any atom is -0.321 e. The minimum absolute atomic E-state index is 0.204. The van der Waals surface area contributed by atoms with Crippen LogP contribution >= 0.6 is 22.9 Å². The fourth-order valence-electron chi connectivity index (χ4n) is 2.06. The van der Waals surface area contributed by atoms with E-state index >= 15 is 0 Å². The Morgan fingerprint density at radius 3 is 2.91 bits per heavy atom. The van der Waals surface area contributed by atoms with Crippen molar-refractivity contribution in [1.82, 2.24) is 4.98 Å². The number of amides is 1. The largest absolute Gasteiger partial charge is 0.321 e. The first-order valence-electron chi connectivity index (χ1n) is 6.72. The zero-order valence-electron chi connectivity index (χ0n) is 11.8. The van der Waals surface area contributed by atoms with Gasteiger partial charge in [0.2, 0.25) is 5.91 Å². The van der Waals surface area contributed by atoms with Gasteiger partial charge in [0, 0.05) is 27.2 Å². The van der Waals surface area contributed by atoms with E-state index in [2.05, 4.69) is 10.3 Å². The third-order valence-electron chi connectivity index (χ3n) is 3.24. The van der Waals surface area contributed by atoms with Crippen LogP contribution in [0.2, 0.25) is 5.02 Å². The van der Waals surface area contributed by atoms with Crippen molar-refractivity contribution < 1.29 is 4.79 Å². The molecule has 5 heteroatoms. The lowest BCUT2D eigenvalue weighted by atomic mass is 10.2. The summed E-state index contributed by atoms with van der Waals surface area (Å²) >= 11 is 7.91. The molecule has 1 N–H and O–H groups in total. The number of anilines is 1. The van der Waals surface area contributed by atoms with Gasteiger partial charge in [0.05, 0.1) is 16.9 Å². The first-order chi connectivity index (χ1) is 10.6. The number of hydrogen-bond acceptors (Lipinski definition) is 3. The Morgan fingerprint density at radius 2 is 2.14 bits per heavy atom. The number of halogens is 1. The summed E-state index contributed by atoms with van der Waals surface area (Å²) in [7, 11) is 0. The average molecular weight is 329 g/mol. The van der Waals surface area contributed by atoms with Gasteiger partial charge in [-0.25, -0.2) is 0 Å². The van der Waals surface area contributed by atoms with Crippen molar-refractivity contribution in [3.8, 4) is 0 Å². The Bertz CT molecular complexity index is 870. The van der Waals surface area contributed by atoms with Gasteiger partial charge in [-0.15, -0.1) is 11.3 Å². The van der Waals surface area contributed by atoms with E-state index in [4.69, 9.17) is 11.6 Å². The molecule has 22 heavy (non-hydrogen) atoms. The minimum atomic E-state index is -0.204. The van der Waals surface area contributed by atoms with Crippen LogP contribution in [0.15, 0.2) is 48.8 Å². The fourth-order valence-corrected chi connectivity index (χ4v) is 3.46. The Labute approximate surface area is 137 Å². The molecule has 0 aliphatic heterocycles. The molecule has 0 bridgehead atoms. The number of carbonyl (C=O) groups excluding carboxylic acids is 1. The summed E-state index contributed by atoms with van der Waals surface area (Å²) in [6.45, 7) is 1.92. The summed E-state index contributed by atoms with van der Waals surface area (Å²) in [5, 5.41) is 4.50. The topological polar surface area (TPSA) is 42.0 Å². The molecule has 1 aromatic carbocycles. The molecule has 2 heterocycles. The third kappa shape index (κ3) is 3.03. The molecule has 110 valence electrons. The molecule has 0 unspecified atom stereocenters. The second-order valence-corrected chi connectivity index (χ2v) is 6.25. The van der Waals surface area contributed by atoms with Crippen molar-refractivity contribution in [3.05, 3.63) is 64.3 Å². The molecule has 2 aromatic heterocycles. The van der Waals surface area contributed by atoms with Gasteiger partial charge in [-0.1, -0.05) is 29.8 Å². The maximum absolute atomic E-state index is 12.0. The van der Waals surface area contributed by atoms with Crippen LogP contribution < -0.4 is 5.32 Å². The highest BCUT2D eigenvalue weighted by atomic mass is 35.5. The molecule has 0 atom stereocenters. The third-order valence-corrected chi connectivity index (χ3v) is 4.90. The van der Waals surface area contributed by atoms with Crippen molar-refractivity contribution in [1.29, 1.82) is 0 Å². The van der Waals surface area contributed by atoms with E-state index < -0.39 is 0 Å². The number of aromatic nitrogens is 1. The number of carbonyl (C=O) groups is 1. The van der Waals surface area contributed by atoms with E-state index in [1.807, 2.05) is 37.3 Å². The standard InChI is InChI=1S/C17H13ClN2OS/c1-11-8-9-19-10-13(11)20-16(21)7-6-15-17(18)12-4-2-3-5-14(12)22-15/h2-10H,1H3,(H,20,21). The predicted molar refractivity (Wildman–Crippen MR) is 93.5 cm³/mol. The van der Waals surface area contributed by atoms with Crippen LogP contribution in [0.1, 0.15) is 10.4 Å². The van der Waals surface area contributed by atoms with E-state index in [1.165, 1.54) is 6.08 Å². The van der Waals surface area contributed by atoms with Crippen molar-refractivity contribution in [2.24, 2.45) is 0 Å². The average Bonchev–Trinajstić information content (AvgIpc) is 2.84. The van der Waals surface area contributed by atoms with Crippen LogP contribution in [0.5, 0.6) is 0 Å². The van der Waals surface area contributed by atoms with E-state index in [0.29, 0.717) is 10.7 Å². The van der Waals surface area contributed by atoms with Crippen LogP contribution in [0.25, 0.3) is 16.2 Å². The van der Waals surface area contributed by atoms with Gasteiger partial charge in [-0.05, 0) is 30.7 Å². The summed E-state index contributed by atoms with van der Waals surface area (Å²) in [6, 6.07) is 9.77. The summed E-state index contributed by atoms with van der Waals surface area (Å²) in [6.07, 6.45) is 6.56. The lowest BCUT2D eigenvalue weighted by Gasteiger charge is -2.04. The van der Waals surface area contributed by atoms with E-state index in [-0.39, 0.29) is 5.91 Å². The van der Waals surface area contributed by atoms with Crippen molar-refractivity contribution in [2.75, 3.05) is 5.32 Å². The molecule has 0 aliphatic rings. The van der Waals surface area contributed by atoms with Gasteiger partial charge in [0.15, 0.2) is 0 Å². The highest BCUT2D eigenvalue weighted by molar-refractivity contribution is 7.20. The fraction of sp³-hybridized carbons (Fsp3) is 0.0588. The predicted octanol–water partition coefficient (Wildman–Crippen LogP) is 4.91.